The Morgan fingerprint density at radius 3 is 2.95 bits per heavy atom. The van der Waals surface area contributed by atoms with E-state index in [9.17, 15) is 4.39 Å². The Kier molecular flexibility index (Phi) is 5.49. The summed E-state index contributed by atoms with van der Waals surface area (Å²) >= 11 is 3.12. The molecule has 0 spiro atoms. The smallest absolute Gasteiger partial charge is 0.150 e. The number of nitrogens with one attached hydrogen (secondary N) is 1. The summed E-state index contributed by atoms with van der Waals surface area (Å²) in [7, 11) is 0. The molecule has 0 aliphatic rings. The van der Waals surface area contributed by atoms with Crippen molar-refractivity contribution in [2.24, 2.45) is 0 Å². The lowest BCUT2D eigenvalue weighted by molar-refractivity contribution is 0.464. The summed E-state index contributed by atoms with van der Waals surface area (Å²) in [4.78, 5) is 4.05. The molecule has 1 aromatic heterocycles. The van der Waals surface area contributed by atoms with Crippen LogP contribution < -0.4 is 10.1 Å². The van der Waals surface area contributed by atoms with E-state index in [1.54, 1.807) is 24.5 Å². The molecule has 2 rings (SSSR count). The Bertz CT molecular complexity index is 578. The standard InChI is InChI=1S/C15H16BrFN2O/c1-2-6-18-9-11-5-7-19-10-15(11)20-12-3-4-13(16)14(17)8-12/h3-5,7-8,10,18H,2,6,9H2,1H3. The number of halogens is 2. The first-order valence-electron chi connectivity index (χ1n) is 6.47. The third-order valence-corrected chi connectivity index (χ3v) is 3.37. The lowest BCUT2D eigenvalue weighted by Crippen LogP contribution is -2.14. The van der Waals surface area contributed by atoms with E-state index in [1.807, 2.05) is 6.07 Å². The van der Waals surface area contributed by atoms with Crippen LogP contribution >= 0.6 is 15.9 Å². The lowest BCUT2D eigenvalue weighted by Gasteiger charge is -2.11. The fourth-order valence-corrected chi connectivity index (χ4v) is 1.96. The molecule has 0 saturated heterocycles. The summed E-state index contributed by atoms with van der Waals surface area (Å²) in [6.07, 6.45) is 4.43. The van der Waals surface area contributed by atoms with Crippen molar-refractivity contribution in [2.75, 3.05) is 6.54 Å². The summed E-state index contributed by atoms with van der Waals surface area (Å²) in [6.45, 7) is 3.75. The average molecular weight is 339 g/mol. The number of pyridine rings is 1. The van der Waals surface area contributed by atoms with E-state index in [2.05, 4.69) is 33.2 Å². The molecule has 0 saturated carbocycles. The zero-order valence-electron chi connectivity index (χ0n) is 11.2. The van der Waals surface area contributed by atoms with Gasteiger partial charge in [-0.05, 0) is 47.1 Å². The molecule has 0 aliphatic heterocycles. The Labute approximate surface area is 126 Å². The number of rotatable bonds is 6. The van der Waals surface area contributed by atoms with Crippen LogP contribution in [0.15, 0.2) is 41.1 Å². The number of benzene rings is 1. The van der Waals surface area contributed by atoms with E-state index >= 15 is 0 Å². The molecule has 0 fully saturated rings. The maximum atomic E-state index is 13.5. The topological polar surface area (TPSA) is 34.2 Å². The van der Waals surface area contributed by atoms with Gasteiger partial charge in [-0.25, -0.2) is 4.39 Å². The first kappa shape index (κ1) is 14.9. The fourth-order valence-electron chi connectivity index (χ4n) is 1.71. The van der Waals surface area contributed by atoms with E-state index < -0.39 is 0 Å². The van der Waals surface area contributed by atoms with Crippen LogP contribution in [0.3, 0.4) is 0 Å². The number of hydrogen-bond donors (Lipinski definition) is 1. The summed E-state index contributed by atoms with van der Waals surface area (Å²) in [5.41, 5.74) is 0.997. The van der Waals surface area contributed by atoms with Gasteiger partial charge >= 0.3 is 0 Å². The number of hydrogen-bond acceptors (Lipinski definition) is 3. The number of aromatic nitrogens is 1. The normalized spacial score (nSPS) is 10.6. The van der Waals surface area contributed by atoms with E-state index in [0.717, 1.165) is 18.5 Å². The minimum Gasteiger partial charge on any atom is -0.455 e. The summed E-state index contributed by atoms with van der Waals surface area (Å²) < 4.78 is 19.6. The molecule has 106 valence electrons. The molecule has 1 aromatic carbocycles. The molecule has 0 amide bonds. The lowest BCUT2D eigenvalue weighted by atomic mass is 10.2. The molecule has 0 radical (unpaired) electrons. The quantitative estimate of drug-likeness (QED) is 0.798. The summed E-state index contributed by atoms with van der Waals surface area (Å²) in [5.74, 6) is 0.741. The van der Waals surface area contributed by atoms with E-state index in [4.69, 9.17) is 4.74 Å². The molecular formula is C15H16BrFN2O. The second-order valence-electron chi connectivity index (χ2n) is 4.34. The van der Waals surface area contributed by atoms with Crippen molar-refractivity contribution in [3.05, 3.63) is 52.5 Å². The van der Waals surface area contributed by atoms with Crippen LogP contribution in [0.5, 0.6) is 11.5 Å². The van der Waals surface area contributed by atoms with Crippen LogP contribution in [-0.4, -0.2) is 11.5 Å². The van der Waals surface area contributed by atoms with Gasteiger partial charge in [0.15, 0.2) is 0 Å². The van der Waals surface area contributed by atoms with Crippen LogP contribution in [0.4, 0.5) is 4.39 Å². The van der Waals surface area contributed by atoms with Crippen molar-refractivity contribution < 1.29 is 9.13 Å². The highest BCUT2D eigenvalue weighted by molar-refractivity contribution is 9.10. The largest absolute Gasteiger partial charge is 0.455 e. The second-order valence-corrected chi connectivity index (χ2v) is 5.19. The van der Waals surface area contributed by atoms with Gasteiger partial charge in [-0.3, -0.25) is 4.98 Å². The van der Waals surface area contributed by atoms with Gasteiger partial charge in [0.1, 0.15) is 17.3 Å². The molecule has 0 aliphatic carbocycles. The predicted octanol–water partition coefficient (Wildman–Crippen LogP) is 4.28. The first-order valence-corrected chi connectivity index (χ1v) is 7.26. The third-order valence-electron chi connectivity index (χ3n) is 2.73. The molecule has 3 nitrogen and oxygen atoms in total. The van der Waals surface area contributed by atoms with Crippen LogP contribution in [-0.2, 0) is 6.54 Å². The predicted molar refractivity (Wildman–Crippen MR) is 80.4 cm³/mol. The van der Waals surface area contributed by atoms with Crippen molar-refractivity contribution in [3.63, 3.8) is 0 Å². The molecule has 0 unspecified atom stereocenters. The van der Waals surface area contributed by atoms with E-state index in [1.165, 1.54) is 6.07 Å². The van der Waals surface area contributed by atoms with Crippen LogP contribution in [0.2, 0.25) is 0 Å². The molecule has 1 N–H and O–H groups in total. The maximum absolute atomic E-state index is 13.5. The highest BCUT2D eigenvalue weighted by Crippen LogP contribution is 2.27. The minimum atomic E-state index is -0.350. The van der Waals surface area contributed by atoms with Crippen LogP contribution in [0.25, 0.3) is 0 Å². The SMILES string of the molecule is CCCNCc1ccncc1Oc1ccc(Br)c(F)c1. The Morgan fingerprint density at radius 2 is 2.20 bits per heavy atom. The minimum absolute atomic E-state index is 0.350. The zero-order chi connectivity index (χ0) is 14.4. The Morgan fingerprint density at radius 1 is 1.35 bits per heavy atom. The maximum Gasteiger partial charge on any atom is 0.150 e. The van der Waals surface area contributed by atoms with E-state index in [0.29, 0.717) is 22.5 Å². The van der Waals surface area contributed by atoms with Gasteiger partial charge in [0.2, 0.25) is 0 Å². The van der Waals surface area contributed by atoms with Gasteiger partial charge in [0.05, 0.1) is 10.7 Å². The number of ether oxygens (including phenoxy) is 1. The van der Waals surface area contributed by atoms with Crippen LogP contribution in [0, 0.1) is 5.82 Å². The second kappa shape index (κ2) is 7.36. The summed E-state index contributed by atoms with van der Waals surface area (Å²) in [6, 6.07) is 6.58. The van der Waals surface area contributed by atoms with Gasteiger partial charge in [-0.2, -0.15) is 0 Å². The van der Waals surface area contributed by atoms with Crippen molar-refractivity contribution in [3.8, 4) is 11.5 Å². The van der Waals surface area contributed by atoms with Crippen molar-refractivity contribution in [1.29, 1.82) is 0 Å². The molecular weight excluding hydrogens is 323 g/mol. The van der Waals surface area contributed by atoms with Gasteiger partial charge < -0.3 is 10.1 Å². The average Bonchev–Trinajstić information content (AvgIpc) is 2.45. The Balaban J connectivity index is 2.13. The summed E-state index contributed by atoms with van der Waals surface area (Å²) in [5, 5.41) is 3.31. The molecule has 0 bridgehead atoms. The first-order chi connectivity index (χ1) is 9.70. The Hall–Kier alpha value is -1.46. The highest BCUT2D eigenvalue weighted by atomic mass is 79.9. The van der Waals surface area contributed by atoms with Crippen molar-refractivity contribution in [1.82, 2.24) is 10.3 Å². The van der Waals surface area contributed by atoms with Crippen LogP contribution in [0.1, 0.15) is 18.9 Å². The van der Waals surface area contributed by atoms with Crippen molar-refractivity contribution >= 4 is 15.9 Å². The molecule has 2 aromatic rings. The molecule has 1 heterocycles. The molecule has 0 atom stereocenters. The third kappa shape index (κ3) is 4.02. The van der Waals surface area contributed by atoms with E-state index in [-0.39, 0.29) is 5.82 Å². The van der Waals surface area contributed by atoms with Gasteiger partial charge in [-0.15, -0.1) is 0 Å². The van der Waals surface area contributed by atoms with Crippen molar-refractivity contribution in [2.45, 2.75) is 19.9 Å². The fraction of sp³-hybridized carbons (Fsp3) is 0.267. The molecule has 20 heavy (non-hydrogen) atoms. The monoisotopic (exact) mass is 338 g/mol. The zero-order valence-corrected chi connectivity index (χ0v) is 12.8. The highest BCUT2D eigenvalue weighted by Gasteiger charge is 2.07. The van der Waals surface area contributed by atoms with Gasteiger partial charge in [0, 0.05) is 24.4 Å². The number of nitrogens with zero attached hydrogens (tertiary/aromatic N) is 1. The van der Waals surface area contributed by atoms with Gasteiger partial charge in [-0.1, -0.05) is 6.92 Å². The van der Waals surface area contributed by atoms with Gasteiger partial charge in [0.25, 0.3) is 0 Å². The molecule has 5 heteroatoms.